The SMILES string of the molecule is CCCCOc1ccccc1NC(=O)O[C@@H]1CN2CCC1CC2. The summed E-state index contributed by atoms with van der Waals surface area (Å²) in [4.78, 5) is 14.6. The number of para-hydroxylation sites is 2. The summed E-state index contributed by atoms with van der Waals surface area (Å²) in [6.45, 7) is 5.93. The van der Waals surface area contributed by atoms with Gasteiger partial charge in [-0.2, -0.15) is 0 Å². The molecule has 0 radical (unpaired) electrons. The van der Waals surface area contributed by atoms with Crippen LogP contribution in [0.25, 0.3) is 0 Å². The minimum atomic E-state index is -0.379. The number of nitrogens with one attached hydrogen (secondary N) is 1. The molecule has 4 rings (SSSR count). The summed E-state index contributed by atoms with van der Waals surface area (Å²) >= 11 is 0. The Morgan fingerprint density at radius 3 is 2.78 bits per heavy atom. The van der Waals surface area contributed by atoms with E-state index < -0.39 is 0 Å². The van der Waals surface area contributed by atoms with Crippen LogP contribution >= 0.6 is 0 Å². The van der Waals surface area contributed by atoms with Crippen molar-refractivity contribution >= 4 is 11.8 Å². The lowest BCUT2D eigenvalue weighted by atomic mass is 9.86. The Bertz CT molecular complexity index is 527. The Hall–Kier alpha value is -1.75. The molecule has 5 heteroatoms. The fourth-order valence-corrected chi connectivity index (χ4v) is 3.34. The molecular weight excluding hydrogens is 292 g/mol. The van der Waals surface area contributed by atoms with E-state index in [0.29, 0.717) is 24.0 Å². The van der Waals surface area contributed by atoms with Gasteiger partial charge in [0.1, 0.15) is 11.9 Å². The molecule has 1 N–H and O–H groups in total. The normalized spacial score (nSPS) is 25.9. The maximum absolute atomic E-state index is 12.2. The molecule has 3 aliphatic rings. The second-order valence-corrected chi connectivity index (χ2v) is 6.40. The number of benzene rings is 1. The highest BCUT2D eigenvalue weighted by Gasteiger charge is 2.36. The molecule has 0 saturated carbocycles. The van der Waals surface area contributed by atoms with E-state index in [2.05, 4.69) is 17.1 Å². The lowest BCUT2D eigenvalue weighted by Gasteiger charge is -2.43. The summed E-state index contributed by atoms with van der Waals surface area (Å²) in [6.07, 6.45) is 3.99. The lowest BCUT2D eigenvalue weighted by molar-refractivity contribution is -0.0290. The van der Waals surface area contributed by atoms with E-state index in [1.807, 2.05) is 24.3 Å². The van der Waals surface area contributed by atoms with Crippen LogP contribution in [0.1, 0.15) is 32.6 Å². The predicted octanol–water partition coefficient (Wildman–Crippen LogP) is 3.51. The highest BCUT2D eigenvalue weighted by Crippen LogP contribution is 2.30. The molecule has 1 atom stereocenters. The molecular formula is C18H26N2O3. The van der Waals surface area contributed by atoms with Crippen LogP contribution in [0.4, 0.5) is 10.5 Å². The number of carbonyl (C=O) groups is 1. The molecule has 3 fully saturated rings. The number of rotatable bonds is 6. The van der Waals surface area contributed by atoms with Crippen LogP contribution in [0.3, 0.4) is 0 Å². The number of nitrogens with zero attached hydrogens (tertiary/aromatic N) is 1. The Labute approximate surface area is 137 Å². The number of ether oxygens (including phenoxy) is 2. The third kappa shape index (κ3) is 4.16. The zero-order chi connectivity index (χ0) is 16.1. The Balaban J connectivity index is 1.55. The summed E-state index contributed by atoms with van der Waals surface area (Å²) in [7, 11) is 0. The number of amides is 1. The molecule has 3 saturated heterocycles. The molecule has 2 bridgehead atoms. The third-order valence-electron chi connectivity index (χ3n) is 4.73. The van der Waals surface area contributed by atoms with Crippen LogP contribution in [0.2, 0.25) is 0 Å². The molecule has 1 aromatic carbocycles. The fourth-order valence-electron chi connectivity index (χ4n) is 3.34. The highest BCUT2D eigenvalue weighted by molar-refractivity contribution is 5.86. The van der Waals surface area contributed by atoms with Gasteiger partial charge in [-0.15, -0.1) is 0 Å². The number of unbranched alkanes of at least 4 members (excludes halogenated alkanes) is 1. The number of fused-ring (bicyclic) bond motifs is 3. The maximum Gasteiger partial charge on any atom is 0.412 e. The summed E-state index contributed by atoms with van der Waals surface area (Å²) in [5.41, 5.74) is 0.676. The largest absolute Gasteiger partial charge is 0.491 e. The fraction of sp³-hybridized carbons (Fsp3) is 0.611. The zero-order valence-electron chi connectivity index (χ0n) is 13.8. The van der Waals surface area contributed by atoms with Gasteiger partial charge in [-0.25, -0.2) is 4.79 Å². The zero-order valence-corrected chi connectivity index (χ0v) is 13.8. The van der Waals surface area contributed by atoms with E-state index >= 15 is 0 Å². The number of carbonyl (C=O) groups excluding carboxylic acids is 1. The molecule has 5 nitrogen and oxygen atoms in total. The van der Waals surface area contributed by atoms with E-state index in [4.69, 9.17) is 9.47 Å². The predicted molar refractivity (Wildman–Crippen MR) is 89.9 cm³/mol. The first kappa shape index (κ1) is 16.1. The van der Waals surface area contributed by atoms with Crippen LogP contribution in [-0.2, 0) is 4.74 Å². The first-order valence-corrected chi connectivity index (χ1v) is 8.68. The summed E-state index contributed by atoms with van der Waals surface area (Å²) in [5.74, 6) is 1.22. The third-order valence-corrected chi connectivity index (χ3v) is 4.73. The van der Waals surface area contributed by atoms with Crippen LogP contribution < -0.4 is 10.1 Å². The van der Waals surface area contributed by atoms with Gasteiger partial charge in [-0.05, 0) is 50.4 Å². The van der Waals surface area contributed by atoms with Crippen LogP contribution in [0.5, 0.6) is 5.75 Å². The lowest BCUT2D eigenvalue weighted by Crippen LogP contribution is -2.52. The molecule has 23 heavy (non-hydrogen) atoms. The molecule has 1 aromatic rings. The summed E-state index contributed by atoms with van der Waals surface area (Å²) in [6, 6.07) is 7.51. The van der Waals surface area contributed by atoms with Crippen molar-refractivity contribution in [3.63, 3.8) is 0 Å². The van der Waals surface area contributed by atoms with Crippen molar-refractivity contribution in [1.29, 1.82) is 0 Å². The smallest absolute Gasteiger partial charge is 0.412 e. The second kappa shape index (κ2) is 7.68. The Kier molecular flexibility index (Phi) is 5.39. The van der Waals surface area contributed by atoms with E-state index in [9.17, 15) is 4.79 Å². The van der Waals surface area contributed by atoms with Gasteiger partial charge in [0.25, 0.3) is 0 Å². The molecule has 0 aliphatic carbocycles. The van der Waals surface area contributed by atoms with Crippen molar-refractivity contribution in [3.8, 4) is 5.75 Å². The van der Waals surface area contributed by atoms with Crippen molar-refractivity contribution in [1.82, 2.24) is 4.90 Å². The van der Waals surface area contributed by atoms with Crippen molar-refractivity contribution in [2.24, 2.45) is 5.92 Å². The van der Waals surface area contributed by atoms with Crippen LogP contribution in [-0.4, -0.2) is 43.3 Å². The van der Waals surface area contributed by atoms with Gasteiger partial charge < -0.3 is 9.47 Å². The maximum atomic E-state index is 12.2. The van der Waals surface area contributed by atoms with E-state index in [-0.39, 0.29) is 12.2 Å². The average molecular weight is 318 g/mol. The van der Waals surface area contributed by atoms with Crippen molar-refractivity contribution < 1.29 is 14.3 Å². The first-order chi connectivity index (χ1) is 11.3. The standard InChI is InChI=1S/C18H26N2O3/c1-2-3-12-22-16-7-5-4-6-15(16)19-18(21)23-17-13-20-10-8-14(17)9-11-20/h4-7,14,17H,2-3,8-13H2,1H3,(H,19,21)/t17-/m1/s1. The van der Waals surface area contributed by atoms with Gasteiger partial charge in [0.2, 0.25) is 0 Å². The van der Waals surface area contributed by atoms with Gasteiger partial charge in [0.05, 0.1) is 12.3 Å². The van der Waals surface area contributed by atoms with Crippen molar-refractivity contribution in [2.75, 3.05) is 31.6 Å². The summed E-state index contributed by atoms with van der Waals surface area (Å²) in [5, 5.41) is 2.84. The first-order valence-electron chi connectivity index (χ1n) is 8.68. The van der Waals surface area contributed by atoms with Crippen LogP contribution in [0.15, 0.2) is 24.3 Å². The quantitative estimate of drug-likeness (QED) is 0.816. The highest BCUT2D eigenvalue weighted by atomic mass is 16.6. The monoisotopic (exact) mass is 318 g/mol. The molecule has 126 valence electrons. The minimum absolute atomic E-state index is 0.0191. The minimum Gasteiger partial charge on any atom is -0.491 e. The molecule has 3 heterocycles. The molecule has 0 spiro atoms. The van der Waals surface area contributed by atoms with Gasteiger partial charge in [-0.1, -0.05) is 25.5 Å². The van der Waals surface area contributed by atoms with E-state index in [1.54, 1.807) is 0 Å². The molecule has 0 aromatic heterocycles. The molecule has 3 aliphatic heterocycles. The van der Waals surface area contributed by atoms with E-state index in [0.717, 1.165) is 45.3 Å². The average Bonchev–Trinajstić information content (AvgIpc) is 2.57. The topological polar surface area (TPSA) is 50.8 Å². The van der Waals surface area contributed by atoms with Gasteiger partial charge in [-0.3, -0.25) is 10.2 Å². The van der Waals surface area contributed by atoms with Gasteiger partial charge in [0.15, 0.2) is 0 Å². The number of piperidine rings is 3. The van der Waals surface area contributed by atoms with Gasteiger partial charge >= 0.3 is 6.09 Å². The van der Waals surface area contributed by atoms with E-state index in [1.165, 1.54) is 0 Å². The molecule has 0 unspecified atom stereocenters. The van der Waals surface area contributed by atoms with Crippen LogP contribution in [0, 0.1) is 5.92 Å². The number of hydrogen-bond acceptors (Lipinski definition) is 4. The molecule has 1 amide bonds. The number of hydrogen-bond donors (Lipinski definition) is 1. The Morgan fingerprint density at radius 2 is 2.09 bits per heavy atom. The second-order valence-electron chi connectivity index (χ2n) is 6.40. The Morgan fingerprint density at radius 1 is 1.30 bits per heavy atom. The van der Waals surface area contributed by atoms with Crippen molar-refractivity contribution in [3.05, 3.63) is 24.3 Å². The summed E-state index contributed by atoms with van der Waals surface area (Å²) < 4.78 is 11.4. The van der Waals surface area contributed by atoms with Crippen molar-refractivity contribution in [2.45, 2.75) is 38.7 Å². The number of anilines is 1. The van der Waals surface area contributed by atoms with Gasteiger partial charge in [0, 0.05) is 6.54 Å².